The number of fused-ring (bicyclic) bond motifs is 1. The van der Waals surface area contributed by atoms with Crippen LogP contribution in [0.1, 0.15) is 5.56 Å². The molecule has 0 unspecified atom stereocenters. The Balaban J connectivity index is 2.82. The van der Waals surface area contributed by atoms with Crippen molar-refractivity contribution >= 4 is 10.9 Å². The van der Waals surface area contributed by atoms with Crippen LogP contribution in [0.25, 0.3) is 10.9 Å². The number of aromatic nitrogens is 1. The van der Waals surface area contributed by atoms with Crippen LogP contribution < -0.4 is 5.73 Å². The SMILES string of the molecule is NCc1c[nH]c2c(F)cc(F)cc12. The molecule has 0 aliphatic rings. The number of aromatic amines is 1. The molecule has 68 valence electrons. The molecule has 0 bridgehead atoms. The summed E-state index contributed by atoms with van der Waals surface area (Å²) in [6.45, 7) is 0.267. The minimum absolute atomic E-state index is 0.267. The quantitative estimate of drug-likeness (QED) is 0.694. The average molecular weight is 182 g/mol. The molecule has 0 aliphatic carbocycles. The van der Waals surface area contributed by atoms with Gasteiger partial charge >= 0.3 is 0 Å². The van der Waals surface area contributed by atoms with E-state index < -0.39 is 11.6 Å². The maximum absolute atomic E-state index is 13.1. The fourth-order valence-electron chi connectivity index (χ4n) is 1.38. The molecular weight excluding hydrogens is 174 g/mol. The molecule has 3 N–H and O–H groups in total. The summed E-state index contributed by atoms with van der Waals surface area (Å²) in [6.07, 6.45) is 1.59. The Hall–Kier alpha value is -1.42. The third kappa shape index (κ3) is 1.19. The van der Waals surface area contributed by atoms with Gasteiger partial charge in [0, 0.05) is 24.2 Å². The van der Waals surface area contributed by atoms with E-state index in [4.69, 9.17) is 5.73 Å². The maximum Gasteiger partial charge on any atom is 0.150 e. The molecule has 0 atom stereocenters. The molecule has 0 saturated heterocycles. The maximum atomic E-state index is 13.1. The van der Waals surface area contributed by atoms with Gasteiger partial charge in [-0.2, -0.15) is 0 Å². The molecule has 0 saturated carbocycles. The van der Waals surface area contributed by atoms with E-state index >= 15 is 0 Å². The number of H-pyrrole nitrogens is 1. The van der Waals surface area contributed by atoms with Crippen LogP contribution in [0.4, 0.5) is 8.78 Å². The van der Waals surface area contributed by atoms with E-state index in [1.807, 2.05) is 0 Å². The van der Waals surface area contributed by atoms with Crippen LogP contribution in [0.3, 0.4) is 0 Å². The lowest BCUT2D eigenvalue weighted by atomic mass is 10.1. The van der Waals surface area contributed by atoms with Crippen LogP contribution in [0, 0.1) is 11.6 Å². The summed E-state index contributed by atoms with van der Waals surface area (Å²) in [7, 11) is 0. The molecule has 2 rings (SSSR count). The van der Waals surface area contributed by atoms with Gasteiger partial charge in [0.25, 0.3) is 0 Å². The first-order valence-corrected chi connectivity index (χ1v) is 3.87. The first-order valence-electron chi connectivity index (χ1n) is 3.87. The van der Waals surface area contributed by atoms with Crippen molar-refractivity contribution in [2.24, 2.45) is 5.73 Å². The molecule has 1 aromatic carbocycles. The number of nitrogens with one attached hydrogen (secondary N) is 1. The van der Waals surface area contributed by atoms with Crippen LogP contribution in [-0.4, -0.2) is 4.98 Å². The van der Waals surface area contributed by atoms with Crippen molar-refractivity contribution in [1.82, 2.24) is 4.98 Å². The highest BCUT2D eigenvalue weighted by atomic mass is 19.1. The molecule has 0 aliphatic heterocycles. The molecule has 0 radical (unpaired) electrons. The van der Waals surface area contributed by atoms with E-state index in [-0.39, 0.29) is 6.54 Å². The standard InChI is InChI=1S/C9H8F2N2/c10-6-1-7-5(3-12)4-13-9(7)8(11)2-6/h1-2,4,13H,3,12H2. The molecular formula is C9H8F2N2. The van der Waals surface area contributed by atoms with E-state index in [1.165, 1.54) is 6.07 Å². The lowest BCUT2D eigenvalue weighted by molar-refractivity contribution is 0.591. The smallest absolute Gasteiger partial charge is 0.150 e. The van der Waals surface area contributed by atoms with Gasteiger partial charge in [-0.15, -0.1) is 0 Å². The van der Waals surface area contributed by atoms with Crippen molar-refractivity contribution < 1.29 is 8.78 Å². The average Bonchev–Trinajstić information content (AvgIpc) is 2.47. The van der Waals surface area contributed by atoms with E-state index in [0.29, 0.717) is 16.5 Å². The predicted molar refractivity (Wildman–Crippen MR) is 46.1 cm³/mol. The molecule has 4 heteroatoms. The molecule has 0 spiro atoms. The van der Waals surface area contributed by atoms with Gasteiger partial charge in [0.2, 0.25) is 0 Å². The first kappa shape index (κ1) is 8.19. The highest BCUT2D eigenvalue weighted by molar-refractivity contribution is 5.83. The van der Waals surface area contributed by atoms with E-state index in [0.717, 1.165) is 6.07 Å². The summed E-state index contributed by atoms with van der Waals surface area (Å²) in [4.78, 5) is 2.71. The Morgan fingerprint density at radius 1 is 1.31 bits per heavy atom. The number of halogens is 2. The second kappa shape index (κ2) is 2.81. The second-order valence-electron chi connectivity index (χ2n) is 2.83. The summed E-state index contributed by atoms with van der Waals surface area (Å²) < 4.78 is 25.9. The normalized spacial score (nSPS) is 11.0. The molecule has 1 aromatic heterocycles. The fraction of sp³-hybridized carbons (Fsp3) is 0.111. The molecule has 13 heavy (non-hydrogen) atoms. The monoisotopic (exact) mass is 182 g/mol. The van der Waals surface area contributed by atoms with Crippen molar-refractivity contribution in [2.75, 3.05) is 0 Å². The highest BCUT2D eigenvalue weighted by Crippen LogP contribution is 2.21. The van der Waals surface area contributed by atoms with Crippen molar-refractivity contribution in [3.05, 3.63) is 35.5 Å². The summed E-state index contributed by atoms with van der Waals surface area (Å²) in [5.74, 6) is -1.17. The van der Waals surface area contributed by atoms with Crippen LogP contribution in [0.5, 0.6) is 0 Å². The lowest BCUT2D eigenvalue weighted by Gasteiger charge is -1.95. The second-order valence-corrected chi connectivity index (χ2v) is 2.83. The van der Waals surface area contributed by atoms with Gasteiger partial charge in [0.05, 0.1) is 5.52 Å². The summed E-state index contributed by atoms with van der Waals surface area (Å²) in [6, 6.07) is 2.12. The zero-order valence-electron chi connectivity index (χ0n) is 6.77. The van der Waals surface area contributed by atoms with Gasteiger partial charge in [0.15, 0.2) is 0 Å². The summed E-state index contributed by atoms with van der Waals surface area (Å²) >= 11 is 0. The van der Waals surface area contributed by atoms with Crippen LogP contribution in [0.2, 0.25) is 0 Å². The fourth-order valence-corrected chi connectivity index (χ4v) is 1.38. The van der Waals surface area contributed by atoms with Crippen molar-refractivity contribution in [3.63, 3.8) is 0 Å². The molecule has 1 heterocycles. The zero-order chi connectivity index (χ0) is 9.42. The Labute approximate surface area is 73.4 Å². The van der Waals surface area contributed by atoms with Crippen LogP contribution in [-0.2, 0) is 6.54 Å². The summed E-state index contributed by atoms with van der Waals surface area (Å²) in [5.41, 5.74) is 6.42. The van der Waals surface area contributed by atoms with Gasteiger partial charge in [-0.05, 0) is 11.6 Å². The van der Waals surface area contributed by atoms with Crippen molar-refractivity contribution in [1.29, 1.82) is 0 Å². The number of hydrogen-bond acceptors (Lipinski definition) is 1. The van der Waals surface area contributed by atoms with Gasteiger partial charge < -0.3 is 10.7 Å². The minimum Gasteiger partial charge on any atom is -0.358 e. The van der Waals surface area contributed by atoms with Crippen molar-refractivity contribution in [3.8, 4) is 0 Å². The van der Waals surface area contributed by atoms with E-state index in [1.54, 1.807) is 6.20 Å². The number of nitrogens with two attached hydrogens (primary N) is 1. The topological polar surface area (TPSA) is 41.8 Å². The minimum atomic E-state index is -0.588. The van der Waals surface area contributed by atoms with Crippen molar-refractivity contribution in [2.45, 2.75) is 6.54 Å². The van der Waals surface area contributed by atoms with Gasteiger partial charge in [0.1, 0.15) is 11.6 Å². The third-order valence-corrected chi connectivity index (χ3v) is 2.01. The van der Waals surface area contributed by atoms with Crippen LogP contribution in [0.15, 0.2) is 18.3 Å². The predicted octanol–water partition coefficient (Wildman–Crippen LogP) is 1.90. The van der Waals surface area contributed by atoms with Gasteiger partial charge in [-0.25, -0.2) is 8.78 Å². The van der Waals surface area contributed by atoms with Gasteiger partial charge in [-0.3, -0.25) is 0 Å². The van der Waals surface area contributed by atoms with Gasteiger partial charge in [-0.1, -0.05) is 0 Å². The molecule has 2 aromatic rings. The highest BCUT2D eigenvalue weighted by Gasteiger charge is 2.08. The number of hydrogen-bond donors (Lipinski definition) is 2. The summed E-state index contributed by atoms with van der Waals surface area (Å²) in [5, 5.41) is 0.514. The Kier molecular flexibility index (Phi) is 1.77. The number of benzene rings is 1. The number of rotatable bonds is 1. The first-order chi connectivity index (χ1) is 6.22. The largest absolute Gasteiger partial charge is 0.358 e. The third-order valence-electron chi connectivity index (χ3n) is 2.01. The van der Waals surface area contributed by atoms with E-state index in [9.17, 15) is 8.78 Å². The van der Waals surface area contributed by atoms with Crippen LogP contribution >= 0.6 is 0 Å². The molecule has 0 fully saturated rings. The molecule has 2 nitrogen and oxygen atoms in total. The molecule has 0 amide bonds. The Morgan fingerprint density at radius 2 is 2.08 bits per heavy atom. The van der Waals surface area contributed by atoms with E-state index in [2.05, 4.69) is 4.98 Å². The Bertz CT molecular complexity index is 448. The Morgan fingerprint density at radius 3 is 2.77 bits per heavy atom. The zero-order valence-corrected chi connectivity index (χ0v) is 6.77. The lowest BCUT2D eigenvalue weighted by Crippen LogP contribution is -1.94.